The summed E-state index contributed by atoms with van der Waals surface area (Å²) in [5.74, 6) is 0. The zero-order valence-electron chi connectivity index (χ0n) is 10.8. The van der Waals surface area contributed by atoms with Gasteiger partial charge >= 0.3 is 0 Å². The van der Waals surface area contributed by atoms with Gasteiger partial charge in [0.15, 0.2) is 0 Å². The van der Waals surface area contributed by atoms with E-state index in [-0.39, 0.29) is 6.10 Å². The summed E-state index contributed by atoms with van der Waals surface area (Å²) in [5, 5.41) is 12.2. The summed E-state index contributed by atoms with van der Waals surface area (Å²) in [5.41, 5.74) is 1.35. The number of rotatable bonds is 5. The lowest BCUT2D eigenvalue weighted by molar-refractivity contribution is 0.209. The van der Waals surface area contributed by atoms with Crippen molar-refractivity contribution in [3.8, 4) is 0 Å². The van der Waals surface area contributed by atoms with Crippen molar-refractivity contribution in [2.75, 3.05) is 0 Å². The second kappa shape index (κ2) is 6.36. The Kier molecular flexibility index (Phi) is 4.54. The van der Waals surface area contributed by atoms with Crippen molar-refractivity contribution in [2.45, 2.75) is 32.3 Å². The molecule has 1 N–H and O–H groups in total. The van der Waals surface area contributed by atoms with Crippen LogP contribution in [0.2, 0.25) is 0 Å². The lowest BCUT2D eigenvalue weighted by Crippen LogP contribution is -2.02. The first kappa shape index (κ1) is 12.8. The van der Waals surface area contributed by atoms with Crippen LogP contribution in [-0.4, -0.2) is 11.2 Å². The molecular weight excluding hydrogens is 220 g/mol. The minimum Gasteiger partial charge on any atom is -0.389 e. The zero-order valence-corrected chi connectivity index (χ0v) is 10.8. The van der Waals surface area contributed by atoms with Gasteiger partial charge in [0.2, 0.25) is 0 Å². The molecule has 2 aromatic carbocycles. The van der Waals surface area contributed by atoms with Crippen LogP contribution in [0.15, 0.2) is 54.6 Å². The molecule has 0 heterocycles. The Morgan fingerprint density at radius 1 is 1.11 bits per heavy atom. The maximum atomic E-state index is 9.61. The minimum atomic E-state index is -0.296. The molecule has 0 saturated heterocycles. The molecule has 0 amide bonds. The monoisotopic (exact) mass is 240 g/mol. The van der Waals surface area contributed by atoms with Crippen LogP contribution >= 0.6 is 0 Å². The second-order valence-electron chi connectivity index (χ2n) is 4.67. The molecule has 0 aliphatic carbocycles. The summed E-state index contributed by atoms with van der Waals surface area (Å²) < 4.78 is 0. The van der Waals surface area contributed by atoms with Crippen LogP contribution in [0.1, 0.15) is 25.3 Å². The third-order valence-electron chi connectivity index (χ3n) is 3.19. The Balaban J connectivity index is 1.95. The molecule has 0 spiro atoms. The summed E-state index contributed by atoms with van der Waals surface area (Å²) in [6.07, 6.45) is 6.33. The van der Waals surface area contributed by atoms with Gasteiger partial charge < -0.3 is 5.11 Å². The van der Waals surface area contributed by atoms with E-state index in [9.17, 15) is 5.11 Å². The van der Waals surface area contributed by atoms with E-state index < -0.39 is 0 Å². The van der Waals surface area contributed by atoms with Crippen LogP contribution in [0, 0.1) is 0 Å². The largest absolute Gasteiger partial charge is 0.389 e. The maximum absolute atomic E-state index is 9.61. The van der Waals surface area contributed by atoms with Crippen molar-refractivity contribution in [1.82, 2.24) is 0 Å². The summed E-state index contributed by atoms with van der Waals surface area (Å²) in [6.45, 7) is 1.94. The van der Waals surface area contributed by atoms with Crippen LogP contribution in [0.5, 0.6) is 0 Å². The predicted molar refractivity (Wildman–Crippen MR) is 77.7 cm³/mol. The molecule has 0 fully saturated rings. The molecule has 0 aliphatic heterocycles. The Bertz CT molecular complexity index is 528. The van der Waals surface area contributed by atoms with Gasteiger partial charge in [0, 0.05) is 0 Å². The average Bonchev–Trinajstić information content (AvgIpc) is 2.39. The van der Waals surface area contributed by atoms with Crippen LogP contribution in [-0.2, 0) is 6.42 Å². The van der Waals surface area contributed by atoms with E-state index in [2.05, 4.69) is 42.5 Å². The molecule has 0 radical (unpaired) electrons. The maximum Gasteiger partial charge on any atom is 0.0720 e. The number of aliphatic hydroxyl groups is 1. The van der Waals surface area contributed by atoms with Crippen molar-refractivity contribution in [2.24, 2.45) is 0 Å². The Morgan fingerprint density at radius 3 is 2.67 bits per heavy atom. The van der Waals surface area contributed by atoms with Crippen molar-refractivity contribution >= 4 is 10.8 Å². The molecule has 1 atom stereocenters. The number of benzene rings is 2. The molecule has 0 bridgehead atoms. The standard InChI is InChI=1S/C17H20O/c1-2-6-17(18)10-5-7-14-11-12-15-8-3-4-9-16(15)13-14/h2-4,6,8-9,11-13,17-18H,5,7,10H2,1H3/b6-2+/t17-/m1/s1. The lowest BCUT2D eigenvalue weighted by Gasteiger charge is -2.06. The van der Waals surface area contributed by atoms with E-state index >= 15 is 0 Å². The quantitative estimate of drug-likeness (QED) is 0.780. The number of hydrogen-bond acceptors (Lipinski definition) is 1. The van der Waals surface area contributed by atoms with Gasteiger partial charge in [0.1, 0.15) is 0 Å². The number of allylic oxidation sites excluding steroid dienone is 1. The molecule has 0 unspecified atom stereocenters. The number of hydrogen-bond donors (Lipinski definition) is 1. The molecule has 1 nitrogen and oxygen atoms in total. The molecular formula is C17H20O. The topological polar surface area (TPSA) is 20.2 Å². The van der Waals surface area contributed by atoms with Crippen LogP contribution in [0.3, 0.4) is 0 Å². The van der Waals surface area contributed by atoms with Crippen molar-refractivity contribution in [3.05, 3.63) is 60.2 Å². The van der Waals surface area contributed by atoms with Crippen molar-refractivity contribution in [3.63, 3.8) is 0 Å². The van der Waals surface area contributed by atoms with Gasteiger partial charge in [-0.05, 0) is 42.5 Å². The first-order valence-electron chi connectivity index (χ1n) is 6.58. The van der Waals surface area contributed by atoms with Gasteiger partial charge in [-0.1, -0.05) is 54.6 Å². The molecule has 94 valence electrons. The average molecular weight is 240 g/mol. The fraction of sp³-hybridized carbons (Fsp3) is 0.294. The third-order valence-corrected chi connectivity index (χ3v) is 3.19. The lowest BCUT2D eigenvalue weighted by atomic mass is 10.0. The predicted octanol–water partition coefficient (Wildman–Crippen LogP) is 4.10. The van der Waals surface area contributed by atoms with Gasteiger partial charge in [0.05, 0.1) is 6.10 Å². The first-order valence-corrected chi connectivity index (χ1v) is 6.58. The van der Waals surface area contributed by atoms with Gasteiger partial charge in [-0.2, -0.15) is 0 Å². The van der Waals surface area contributed by atoms with E-state index in [1.807, 2.05) is 19.1 Å². The third kappa shape index (κ3) is 3.44. The highest BCUT2D eigenvalue weighted by Crippen LogP contribution is 2.17. The van der Waals surface area contributed by atoms with Gasteiger partial charge in [-0.25, -0.2) is 0 Å². The highest BCUT2D eigenvalue weighted by atomic mass is 16.3. The highest BCUT2D eigenvalue weighted by molar-refractivity contribution is 5.82. The van der Waals surface area contributed by atoms with Crippen molar-refractivity contribution in [1.29, 1.82) is 0 Å². The highest BCUT2D eigenvalue weighted by Gasteiger charge is 2.00. The summed E-state index contributed by atoms with van der Waals surface area (Å²) >= 11 is 0. The fourth-order valence-corrected chi connectivity index (χ4v) is 2.23. The van der Waals surface area contributed by atoms with E-state index in [0.717, 1.165) is 19.3 Å². The SMILES string of the molecule is C/C=C/[C@@H](O)CCCc1ccc2ccccc2c1. The molecule has 1 heteroatoms. The smallest absolute Gasteiger partial charge is 0.0720 e. The fourth-order valence-electron chi connectivity index (χ4n) is 2.23. The number of aliphatic hydroxyl groups excluding tert-OH is 1. The van der Waals surface area contributed by atoms with Crippen molar-refractivity contribution < 1.29 is 5.11 Å². The van der Waals surface area contributed by atoms with E-state index in [0.29, 0.717) is 0 Å². The minimum absolute atomic E-state index is 0.296. The van der Waals surface area contributed by atoms with Crippen LogP contribution < -0.4 is 0 Å². The second-order valence-corrected chi connectivity index (χ2v) is 4.67. The van der Waals surface area contributed by atoms with E-state index in [4.69, 9.17) is 0 Å². The van der Waals surface area contributed by atoms with E-state index in [1.165, 1.54) is 16.3 Å². The zero-order chi connectivity index (χ0) is 12.8. The van der Waals surface area contributed by atoms with Crippen LogP contribution in [0.25, 0.3) is 10.8 Å². The molecule has 18 heavy (non-hydrogen) atoms. The number of aryl methyl sites for hydroxylation is 1. The van der Waals surface area contributed by atoms with Gasteiger partial charge in [-0.3, -0.25) is 0 Å². The summed E-state index contributed by atoms with van der Waals surface area (Å²) in [4.78, 5) is 0. The van der Waals surface area contributed by atoms with Crippen LogP contribution in [0.4, 0.5) is 0 Å². The van der Waals surface area contributed by atoms with E-state index in [1.54, 1.807) is 0 Å². The molecule has 0 saturated carbocycles. The van der Waals surface area contributed by atoms with Gasteiger partial charge in [-0.15, -0.1) is 0 Å². The normalized spacial score (nSPS) is 13.2. The Morgan fingerprint density at radius 2 is 1.89 bits per heavy atom. The molecule has 2 aromatic rings. The van der Waals surface area contributed by atoms with Gasteiger partial charge in [0.25, 0.3) is 0 Å². The molecule has 0 aliphatic rings. The Labute approximate surface area is 109 Å². The first-order chi connectivity index (χ1) is 8.79. The summed E-state index contributed by atoms with van der Waals surface area (Å²) in [7, 11) is 0. The molecule has 0 aromatic heterocycles. The summed E-state index contributed by atoms with van der Waals surface area (Å²) in [6, 6.07) is 15.0. The number of fused-ring (bicyclic) bond motifs is 1. The molecule has 2 rings (SSSR count). The Hall–Kier alpha value is -1.60.